The molecule has 0 saturated carbocycles. The van der Waals surface area contributed by atoms with Crippen LogP contribution in [-0.2, 0) is 0 Å². The van der Waals surface area contributed by atoms with E-state index in [1.54, 1.807) is 0 Å². The molecular weight excluding hydrogens is 166 g/mol. The van der Waals surface area contributed by atoms with Gasteiger partial charge < -0.3 is 0 Å². The Hall–Kier alpha value is -2.04. The van der Waals surface area contributed by atoms with Crippen LogP contribution in [-0.4, -0.2) is 11.9 Å². The van der Waals surface area contributed by atoms with Gasteiger partial charge in [0.2, 0.25) is 0 Å². The predicted octanol–water partition coefficient (Wildman–Crippen LogP) is -3.93. The van der Waals surface area contributed by atoms with Crippen molar-refractivity contribution >= 4 is 17.6 Å². The van der Waals surface area contributed by atoms with Crippen molar-refractivity contribution in [1.29, 1.82) is 0 Å². The number of nitrogens with two attached hydrogens (primary N) is 3. The maximum Gasteiger partial charge on any atom is 0.390 e. The summed E-state index contributed by atoms with van der Waals surface area (Å²) in [5, 5.41) is 0. The van der Waals surface area contributed by atoms with Gasteiger partial charge in [0.1, 0.15) is 5.69 Å². The fraction of sp³-hybridized carbons (Fsp3) is 0. The average Bonchev–Trinajstić information content (AvgIpc) is 2.04. The van der Waals surface area contributed by atoms with Crippen LogP contribution in [0, 0.1) is 0 Å². The fourth-order valence-electron chi connectivity index (χ4n) is 0.864. The number of nitrogens with one attached hydrogen (secondary N) is 2. The first-order valence-corrected chi connectivity index (χ1v) is 3.78. The highest BCUT2D eigenvalue weighted by Gasteiger charge is 1.98. The van der Waals surface area contributed by atoms with E-state index in [1.165, 1.54) is 0 Å². The number of para-hydroxylation sites is 1. The van der Waals surface area contributed by atoms with Crippen molar-refractivity contribution in [1.82, 2.24) is 0 Å². The van der Waals surface area contributed by atoms with Gasteiger partial charge in [-0.2, -0.15) is 4.99 Å². The Morgan fingerprint density at radius 3 is 2.15 bits per heavy atom. The van der Waals surface area contributed by atoms with E-state index in [1.807, 2.05) is 30.3 Å². The van der Waals surface area contributed by atoms with E-state index in [4.69, 9.17) is 17.2 Å². The zero-order chi connectivity index (χ0) is 9.68. The number of hydrogen-bond donors (Lipinski definition) is 5. The van der Waals surface area contributed by atoms with Crippen LogP contribution in [0.4, 0.5) is 5.69 Å². The Morgan fingerprint density at radius 2 is 1.62 bits per heavy atom. The number of guanidine groups is 2. The van der Waals surface area contributed by atoms with E-state index in [0.717, 1.165) is 5.69 Å². The van der Waals surface area contributed by atoms with Gasteiger partial charge in [0, 0.05) is 0 Å². The SMILES string of the molecule is NC(N)=[NH+]C(N)=[NH+]c1ccccc1. The molecule has 8 N–H and O–H groups in total. The molecule has 13 heavy (non-hydrogen) atoms. The molecule has 5 heteroatoms. The van der Waals surface area contributed by atoms with Crippen LogP contribution in [0.1, 0.15) is 0 Å². The van der Waals surface area contributed by atoms with Crippen LogP contribution < -0.4 is 27.2 Å². The van der Waals surface area contributed by atoms with E-state index in [0.29, 0.717) is 5.96 Å². The Balaban J connectivity index is 2.83. The zero-order valence-electron chi connectivity index (χ0n) is 7.12. The molecule has 0 spiro atoms. The van der Waals surface area contributed by atoms with E-state index < -0.39 is 0 Å². The molecule has 0 bridgehead atoms. The largest absolute Gasteiger partial charge is 0.390 e. The molecule has 0 aromatic heterocycles. The third kappa shape index (κ3) is 3.24. The van der Waals surface area contributed by atoms with Gasteiger partial charge in [-0.05, 0) is 12.1 Å². The molecule has 1 rings (SSSR count). The summed E-state index contributed by atoms with van der Waals surface area (Å²) in [6.45, 7) is 0. The highest BCUT2D eigenvalue weighted by atomic mass is 15.1. The average molecular weight is 179 g/mol. The summed E-state index contributed by atoms with van der Waals surface area (Å²) in [6.07, 6.45) is 0. The van der Waals surface area contributed by atoms with Gasteiger partial charge >= 0.3 is 11.9 Å². The molecule has 0 aliphatic rings. The second-order valence-corrected chi connectivity index (χ2v) is 2.49. The third-order valence-corrected chi connectivity index (χ3v) is 1.33. The molecule has 0 heterocycles. The smallest absolute Gasteiger partial charge is 0.275 e. The van der Waals surface area contributed by atoms with Crippen LogP contribution in [0.15, 0.2) is 30.3 Å². The highest BCUT2D eigenvalue weighted by molar-refractivity contribution is 5.75. The first-order chi connectivity index (χ1) is 6.18. The Labute approximate surface area is 76.0 Å². The molecule has 0 saturated heterocycles. The summed E-state index contributed by atoms with van der Waals surface area (Å²) >= 11 is 0. The van der Waals surface area contributed by atoms with Crippen molar-refractivity contribution in [3.63, 3.8) is 0 Å². The van der Waals surface area contributed by atoms with Gasteiger partial charge in [0.25, 0.3) is 0 Å². The summed E-state index contributed by atoms with van der Waals surface area (Å²) in [5.74, 6) is 0.354. The summed E-state index contributed by atoms with van der Waals surface area (Å²) < 4.78 is 0. The molecule has 0 atom stereocenters. The molecule has 68 valence electrons. The van der Waals surface area contributed by atoms with E-state index in [-0.39, 0.29) is 5.96 Å². The lowest BCUT2D eigenvalue weighted by Gasteiger charge is -1.89. The molecule has 0 aliphatic heterocycles. The monoisotopic (exact) mass is 179 g/mol. The van der Waals surface area contributed by atoms with Crippen molar-refractivity contribution in [2.75, 3.05) is 0 Å². The van der Waals surface area contributed by atoms with Crippen LogP contribution in [0.3, 0.4) is 0 Å². The van der Waals surface area contributed by atoms with Gasteiger partial charge in [-0.15, -0.1) is 0 Å². The highest BCUT2D eigenvalue weighted by Crippen LogP contribution is 1.94. The van der Waals surface area contributed by atoms with Crippen LogP contribution in [0.5, 0.6) is 0 Å². The van der Waals surface area contributed by atoms with Crippen molar-refractivity contribution in [3.8, 4) is 0 Å². The van der Waals surface area contributed by atoms with E-state index >= 15 is 0 Å². The maximum absolute atomic E-state index is 5.52. The summed E-state index contributed by atoms with van der Waals surface area (Å²) in [4.78, 5) is 5.42. The molecule has 1 aromatic carbocycles. The lowest BCUT2D eigenvalue weighted by Crippen LogP contribution is -2.96. The number of hydrogen-bond acceptors (Lipinski definition) is 0. The molecule has 0 amide bonds. The molecule has 5 nitrogen and oxygen atoms in total. The van der Waals surface area contributed by atoms with Crippen LogP contribution in [0.25, 0.3) is 0 Å². The van der Waals surface area contributed by atoms with Gasteiger partial charge in [0.15, 0.2) is 0 Å². The van der Waals surface area contributed by atoms with Crippen LogP contribution >= 0.6 is 0 Å². The first kappa shape index (κ1) is 9.05. The normalized spacial score (nSPS) is 10.9. The van der Waals surface area contributed by atoms with E-state index in [2.05, 4.69) is 9.98 Å². The quantitative estimate of drug-likeness (QED) is 0.224. The van der Waals surface area contributed by atoms with Gasteiger partial charge in [-0.3, -0.25) is 17.2 Å². The maximum atomic E-state index is 5.52. The van der Waals surface area contributed by atoms with Gasteiger partial charge in [-0.25, -0.2) is 4.99 Å². The summed E-state index contributed by atoms with van der Waals surface area (Å²) in [6, 6.07) is 9.46. The second kappa shape index (κ2) is 4.10. The molecule has 0 radical (unpaired) electrons. The minimum Gasteiger partial charge on any atom is -0.275 e. The standard InChI is InChI=1S/C8H11N5/c9-7(10)13-8(11)12-6-4-2-1-3-5-6/h1-5H,(H6,9,10,11,12,13)/p+2. The van der Waals surface area contributed by atoms with Crippen molar-refractivity contribution in [2.45, 2.75) is 0 Å². The minimum absolute atomic E-state index is 0.0564. The Morgan fingerprint density at radius 1 is 1.00 bits per heavy atom. The Kier molecular flexibility index (Phi) is 2.86. The lowest BCUT2D eigenvalue weighted by molar-refractivity contribution is -0.459. The summed E-state index contributed by atoms with van der Waals surface area (Å²) in [7, 11) is 0. The first-order valence-electron chi connectivity index (χ1n) is 3.78. The fourth-order valence-corrected chi connectivity index (χ4v) is 0.864. The molecule has 0 aliphatic carbocycles. The van der Waals surface area contributed by atoms with Gasteiger partial charge in [0.05, 0.1) is 0 Å². The molecular formula is C8H13N5+2. The third-order valence-electron chi connectivity index (χ3n) is 1.33. The second-order valence-electron chi connectivity index (χ2n) is 2.49. The summed E-state index contributed by atoms with van der Waals surface area (Å²) in [5.41, 5.74) is 16.8. The number of benzene rings is 1. The Bertz CT molecular complexity index is 324. The topological polar surface area (TPSA) is 106 Å². The minimum atomic E-state index is 0.0564. The molecule has 0 fully saturated rings. The van der Waals surface area contributed by atoms with Crippen molar-refractivity contribution in [3.05, 3.63) is 30.3 Å². The van der Waals surface area contributed by atoms with Crippen molar-refractivity contribution in [2.24, 2.45) is 17.2 Å². The number of rotatable bonds is 1. The van der Waals surface area contributed by atoms with Gasteiger partial charge in [-0.1, -0.05) is 18.2 Å². The zero-order valence-corrected chi connectivity index (χ0v) is 7.12. The molecule has 0 unspecified atom stereocenters. The lowest BCUT2D eigenvalue weighted by atomic mass is 10.3. The van der Waals surface area contributed by atoms with E-state index in [9.17, 15) is 0 Å². The predicted molar refractivity (Wildman–Crippen MR) is 50.6 cm³/mol. The van der Waals surface area contributed by atoms with Crippen LogP contribution in [0.2, 0.25) is 0 Å². The molecule has 1 aromatic rings. The van der Waals surface area contributed by atoms with Crippen molar-refractivity contribution < 1.29 is 9.98 Å².